The first kappa shape index (κ1) is 16.4. The fraction of sp³-hybridized carbons (Fsp3) is 0.357. The maximum absolute atomic E-state index is 12.6. The van der Waals surface area contributed by atoms with E-state index in [1.807, 2.05) is 0 Å². The quantitative estimate of drug-likeness (QED) is 0.737. The molecule has 0 bridgehead atoms. The molecule has 1 aromatic carbocycles. The Kier molecular flexibility index (Phi) is 3.80. The van der Waals surface area contributed by atoms with Crippen LogP contribution in [0, 0.1) is 6.92 Å². The van der Waals surface area contributed by atoms with Gasteiger partial charge in [-0.1, -0.05) is 5.16 Å². The number of fused-ring (bicyclic) bond motifs is 1. The van der Waals surface area contributed by atoms with Gasteiger partial charge in [0.2, 0.25) is 15.9 Å². The SMILES string of the molecule is Cc1noc(C(C)NS(=O)(=O)c2ccc3c(c2)n(C)c(=O)n3C)n1. The summed E-state index contributed by atoms with van der Waals surface area (Å²) in [6, 6.07) is 3.85. The van der Waals surface area contributed by atoms with Crippen molar-refractivity contribution in [2.75, 3.05) is 0 Å². The van der Waals surface area contributed by atoms with Gasteiger partial charge in [0, 0.05) is 14.1 Å². The maximum Gasteiger partial charge on any atom is 0.328 e. The number of nitrogens with one attached hydrogen (secondary N) is 1. The molecule has 0 spiro atoms. The summed E-state index contributed by atoms with van der Waals surface area (Å²) < 4.78 is 35.5. The van der Waals surface area contributed by atoms with Gasteiger partial charge in [0.05, 0.1) is 22.0 Å². The van der Waals surface area contributed by atoms with E-state index in [4.69, 9.17) is 4.52 Å². The van der Waals surface area contributed by atoms with Crippen LogP contribution in [0.1, 0.15) is 24.7 Å². The van der Waals surface area contributed by atoms with Gasteiger partial charge in [-0.25, -0.2) is 13.2 Å². The Hall–Kier alpha value is -2.46. The van der Waals surface area contributed by atoms with E-state index in [1.54, 1.807) is 34.0 Å². The van der Waals surface area contributed by atoms with E-state index in [0.29, 0.717) is 16.9 Å². The van der Waals surface area contributed by atoms with Gasteiger partial charge >= 0.3 is 5.69 Å². The second-order valence-corrected chi connectivity index (χ2v) is 7.29. The van der Waals surface area contributed by atoms with Gasteiger partial charge in [-0.2, -0.15) is 9.71 Å². The van der Waals surface area contributed by atoms with Gasteiger partial charge in [0.1, 0.15) is 0 Å². The van der Waals surface area contributed by atoms with Gasteiger partial charge < -0.3 is 4.52 Å². The molecule has 0 aliphatic rings. The van der Waals surface area contributed by atoms with Crippen LogP contribution in [0.15, 0.2) is 32.4 Å². The van der Waals surface area contributed by atoms with Gasteiger partial charge in [-0.15, -0.1) is 0 Å². The lowest BCUT2D eigenvalue weighted by atomic mass is 10.3. The van der Waals surface area contributed by atoms with Crippen molar-refractivity contribution in [3.8, 4) is 0 Å². The monoisotopic (exact) mass is 351 g/mol. The molecule has 0 saturated heterocycles. The van der Waals surface area contributed by atoms with E-state index >= 15 is 0 Å². The zero-order chi connectivity index (χ0) is 17.6. The van der Waals surface area contributed by atoms with Crippen LogP contribution in [-0.4, -0.2) is 27.7 Å². The van der Waals surface area contributed by atoms with Gasteiger partial charge in [0.25, 0.3) is 0 Å². The molecule has 1 N–H and O–H groups in total. The van der Waals surface area contributed by atoms with Crippen molar-refractivity contribution < 1.29 is 12.9 Å². The van der Waals surface area contributed by atoms with Crippen LogP contribution in [0.25, 0.3) is 11.0 Å². The standard InChI is InChI=1S/C14H17N5O4S/c1-8(13-15-9(2)16-23-13)17-24(21,22)10-5-6-11-12(7-10)19(4)14(20)18(11)3/h5-8,17H,1-4H3. The van der Waals surface area contributed by atoms with E-state index in [2.05, 4.69) is 14.9 Å². The fourth-order valence-corrected chi connectivity index (χ4v) is 3.71. The number of aromatic nitrogens is 4. The number of sulfonamides is 1. The molecule has 0 amide bonds. The molecule has 2 heterocycles. The van der Waals surface area contributed by atoms with Crippen LogP contribution in [-0.2, 0) is 24.1 Å². The van der Waals surface area contributed by atoms with Crippen LogP contribution in [0.3, 0.4) is 0 Å². The molecule has 3 aromatic rings. The third-order valence-corrected chi connectivity index (χ3v) is 5.34. The first-order valence-corrected chi connectivity index (χ1v) is 8.67. The average molecular weight is 351 g/mol. The summed E-state index contributed by atoms with van der Waals surface area (Å²) in [7, 11) is -0.581. The Balaban J connectivity index is 1.99. The number of rotatable bonds is 4. The molecule has 0 saturated carbocycles. The molecule has 0 aliphatic carbocycles. The predicted molar refractivity (Wildman–Crippen MR) is 85.9 cm³/mol. The largest absolute Gasteiger partial charge is 0.338 e. The lowest BCUT2D eigenvalue weighted by Gasteiger charge is -2.11. The molecule has 0 aliphatic heterocycles. The highest BCUT2D eigenvalue weighted by Gasteiger charge is 2.23. The van der Waals surface area contributed by atoms with Crippen LogP contribution in [0.5, 0.6) is 0 Å². The van der Waals surface area contributed by atoms with E-state index in [0.717, 1.165) is 0 Å². The summed E-state index contributed by atoms with van der Waals surface area (Å²) in [6.07, 6.45) is 0. The Morgan fingerprint density at radius 2 is 1.88 bits per heavy atom. The van der Waals surface area contributed by atoms with Crippen LogP contribution in [0.4, 0.5) is 0 Å². The van der Waals surface area contributed by atoms with Crippen molar-refractivity contribution in [3.05, 3.63) is 40.4 Å². The van der Waals surface area contributed by atoms with Crippen LogP contribution >= 0.6 is 0 Å². The Morgan fingerprint density at radius 3 is 2.50 bits per heavy atom. The van der Waals surface area contributed by atoms with E-state index in [-0.39, 0.29) is 16.5 Å². The lowest BCUT2D eigenvalue weighted by molar-refractivity contribution is 0.351. The molecule has 1 atom stereocenters. The van der Waals surface area contributed by atoms with Crippen molar-refractivity contribution >= 4 is 21.1 Å². The minimum absolute atomic E-state index is 0.0549. The van der Waals surface area contributed by atoms with E-state index in [1.165, 1.54) is 21.3 Å². The highest BCUT2D eigenvalue weighted by atomic mass is 32.2. The summed E-state index contributed by atoms with van der Waals surface area (Å²) in [5.74, 6) is 0.612. The molecular weight excluding hydrogens is 334 g/mol. The third kappa shape index (κ3) is 2.63. The van der Waals surface area contributed by atoms with Crippen LogP contribution in [0.2, 0.25) is 0 Å². The van der Waals surface area contributed by atoms with Crippen molar-refractivity contribution in [2.45, 2.75) is 24.8 Å². The smallest absolute Gasteiger partial charge is 0.328 e. The summed E-state index contributed by atoms with van der Waals surface area (Å²) >= 11 is 0. The Morgan fingerprint density at radius 1 is 1.21 bits per heavy atom. The van der Waals surface area contributed by atoms with Crippen LogP contribution < -0.4 is 10.4 Å². The maximum atomic E-state index is 12.6. The van der Waals surface area contributed by atoms with E-state index in [9.17, 15) is 13.2 Å². The number of hydrogen-bond acceptors (Lipinski definition) is 6. The minimum Gasteiger partial charge on any atom is -0.338 e. The van der Waals surface area contributed by atoms with E-state index < -0.39 is 16.1 Å². The fourth-order valence-electron chi connectivity index (χ4n) is 2.49. The molecule has 2 aromatic heterocycles. The number of benzene rings is 1. The first-order chi connectivity index (χ1) is 11.2. The second-order valence-electron chi connectivity index (χ2n) is 5.57. The summed E-state index contributed by atoms with van der Waals surface area (Å²) in [5.41, 5.74) is 0.968. The predicted octanol–water partition coefficient (Wildman–Crippen LogP) is 0.608. The Bertz CT molecular complexity index is 1080. The minimum atomic E-state index is -3.81. The molecule has 128 valence electrons. The number of hydrogen-bond donors (Lipinski definition) is 1. The van der Waals surface area contributed by atoms with Crippen molar-refractivity contribution in [1.82, 2.24) is 24.0 Å². The third-order valence-electron chi connectivity index (χ3n) is 3.80. The average Bonchev–Trinajstić information content (AvgIpc) is 3.05. The zero-order valence-corrected chi connectivity index (χ0v) is 14.5. The van der Waals surface area contributed by atoms with Gasteiger partial charge in [-0.05, 0) is 32.0 Å². The summed E-state index contributed by atoms with van der Waals surface area (Å²) in [4.78, 5) is 16.0. The van der Waals surface area contributed by atoms with Gasteiger partial charge in [-0.3, -0.25) is 9.13 Å². The molecular formula is C14H17N5O4S. The van der Waals surface area contributed by atoms with Crippen molar-refractivity contribution in [2.24, 2.45) is 14.1 Å². The lowest BCUT2D eigenvalue weighted by Crippen LogP contribution is -2.27. The van der Waals surface area contributed by atoms with Gasteiger partial charge in [0.15, 0.2) is 5.82 Å². The topological polar surface area (TPSA) is 112 Å². The Labute approximate surface area is 138 Å². The highest BCUT2D eigenvalue weighted by molar-refractivity contribution is 7.89. The number of imidazole rings is 1. The molecule has 1 unspecified atom stereocenters. The molecule has 0 radical (unpaired) electrons. The summed E-state index contributed by atoms with van der Waals surface area (Å²) in [5, 5.41) is 3.64. The second kappa shape index (κ2) is 5.56. The zero-order valence-electron chi connectivity index (χ0n) is 13.6. The molecule has 24 heavy (non-hydrogen) atoms. The first-order valence-electron chi connectivity index (χ1n) is 7.18. The molecule has 3 rings (SSSR count). The molecule has 9 nitrogen and oxygen atoms in total. The molecule has 0 fully saturated rings. The molecule has 10 heteroatoms. The highest BCUT2D eigenvalue weighted by Crippen LogP contribution is 2.20. The van der Waals surface area contributed by atoms with Crippen molar-refractivity contribution in [1.29, 1.82) is 0 Å². The normalized spacial score (nSPS) is 13.5. The number of nitrogens with zero attached hydrogens (tertiary/aromatic N) is 4. The summed E-state index contributed by atoms with van der Waals surface area (Å²) in [6.45, 7) is 3.26. The van der Waals surface area contributed by atoms with Crippen molar-refractivity contribution in [3.63, 3.8) is 0 Å². The number of aryl methyl sites for hydroxylation is 3.